The number of benzene rings is 3. The monoisotopic (exact) mass is 354 g/mol. The molecule has 0 aliphatic heterocycles. The normalized spacial score (nSPS) is 11.7. The van der Waals surface area contributed by atoms with Crippen LogP contribution in [0.5, 0.6) is 0 Å². The smallest absolute Gasteiger partial charge is 0.163 e. The number of rotatable bonds is 7. The summed E-state index contributed by atoms with van der Waals surface area (Å²) in [4.78, 5) is 12.2. The Hall–Kier alpha value is -2.20. The molecule has 0 amide bonds. The summed E-state index contributed by atoms with van der Waals surface area (Å²) in [5.41, 5.74) is 8.34. The van der Waals surface area contributed by atoms with Gasteiger partial charge in [0.2, 0.25) is 0 Å². The molecular weight excluding hydrogens is 332 g/mol. The fraction of sp³-hybridized carbons (Fsp3) is 0.190. The van der Waals surface area contributed by atoms with E-state index in [1.807, 2.05) is 48.5 Å². The molecule has 3 aromatic carbocycles. The van der Waals surface area contributed by atoms with Crippen LogP contribution in [0.4, 0.5) is 0 Å². The fourth-order valence-electron chi connectivity index (χ4n) is 2.79. The van der Waals surface area contributed by atoms with Crippen molar-refractivity contribution in [3.8, 4) is 0 Å². The second-order valence-electron chi connectivity index (χ2n) is 6.05. The van der Waals surface area contributed by atoms with Crippen molar-refractivity contribution >= 4 is 29.0 Å². The summed E-state index contributed by atoms with van der Waals surface area (Å²) in [5, 5.41) is 5.55. The van der Waals surface area contributed by atoms with E-state index in [0.29, 0.717) is 19.5 Å². The van der Waals surface area contributed by atoms with Gasteiger partial charge in [0.25, 0.3) is 0 Å². The van der Waals surface area contributed by atoms with Gasteiger partial charge < -0.3 is 11.1 Å². The van der Waals surface area contributed by atoms with E-state index < -0.39 is 6.04 Å². The van der Waals surface area contributed by atoms with Crippen molar-refractivity contribution in [1.29, 1.82) is 0 Å². The zero-order chi connectivity index (χ0) is 16.8. The van der Waals surface area contributed by atoms with Crippen molar-refractivity contribution in [1.82, 2.24) is 5.32 Å². The van der Waals surface area contributed by atoms with Crippen LogP contribution in [-0.2, 0) is 17.8 Å². The summed E-state index contributed by atoms with van der Waals surface area (Å²) in [6, 6.07) is 24.0. The third kappa shape index (κ3) is 5.40. The Morgan fingerprint density at radius 1 is 0.880 bits per heavy atom. The number of carbonyl (C=O) groups is 1. The first kappa shape index (κ1) is 19.1. The Kier molecular flexibility index (Phi) is 7.14. The number of nitrogens with one attached hydrogen (secondary N) is 1. The van der Waals surface area contributed by atoms with E-state index >= 15 is 0 Å². The van der Waals surface area contributed by atoms with Gasteiger partial charge in [0, 0.05) is 6.54 Å². The van der Waals surface area contributed by atoms with Crippen LogP contribution < -0.4 is 11.1 Å². The number of halogens is 1. The maximum Gasteiger partial charge on any atom is 0.163 e. The highest BCUT2D eigenvalue weighted by atomic mass is 35.5. The predicted octanol–water partition coefficient (Wildman–Crippen LogP) is 3.49. The second-order valence-corrected chi connectivity index (χ2v) is 6.05. The molecular formula is C21H23ClN2O. The van der Waals surface area contributed by atoms with Crippen molar-refractivity contribution in [2.45, 2.75) is 19.0 Å². The van der Waals surface area contributed by atoms with Gasteiger partial charge >= 0.3 is 0 Å². The summed E-state index contributed by atoms with van der Waals surface area (Å²) in [6.45, 7) is 0.971. The van der Waals surface area contributed by atoms with E-state index in [9.17, 15) is 4.79 Å². The molecule has 3 aromatic rings. The molecule has 0 fully saturated rings. The van der Waals surface area contributed by atoms with E-state index in [1.165, 1.54) is 10.8 Å². The molecule has 0 aromatic heterocycles. The van der Waals surface area contributed by atoms with Crippen molar-refractivity contribution in [2.24, 2.45) is 5.73 Å². The molecule has 0 aliphatic carbocycles. The Labute approximate surface area is 154 Å². The van der Waals surface area contributed by atoms with Crippen LogP contribution in [0.25, 0.3) is 10.8 Å². The van der Waals surface area contributed by atoms with Crippen LogP contribution in [0.2, 0.25) is 0 Å². The van der Waals surface area contributed by atoms with E-state index in [1.54, 1.807) is 0 Å². The van der Waals surface area contributed by atoms with E-state index in [4.69, 9.17) is 5.73 Å². The minimum Gasteiger partial charge on any atom is -0.321 e. The van der Waals surface area contributed by atoms with E-state index in [-0.39, 0.29) is 18.2 Å². The minimum absolute atomic E-state index is 0. The standard InChI is InChI=1S/C21H22N2O.ClH/c22-20(21(24)15-23-14-16-6-2-1-3-7-16)13-17-10-11-18-8-4-5-9-19(18)12-17;/h1-12,20,23H,13-15,22H2;1H/t20-;/m0./s1. The molecule has 0 radical (unpaired) electrons. The lowest BCUT2D eigenvalue weighted by atomic mass is 10.00. The quantitative estimate of drug-likeness (QED) is 0.683. The summed E-state index contributed by atoms with van der Waals surface area (Å²) in [6.07, 6.45) is 0.566. The Bertz CT molecular complexity index is 820. The molecule has 0 unspecified atom stereocenters. The third-order valence-electron chi connectivity index (χ3n) is 4.15. The van der Waals surface area contributed by atoms with Crippen LogP contribution >= 0.6 is 12.4 Å². The number of ketones is 1. The molecule has 3 nitrogen and oxygen atoms in total. The summed E-state index contributed by atoms with van der Waals surface area (Å²) >= 11 is 0. The second kappa shape index (κ2) is 9.33. The Morgan fingerprint density at radius 3 is 2.32 bits per heavy atom. The first-order valence-corrected chi connectivity index (χ1v) is 8.23. The van der Waals surface area contributed by atoms with E-state index in [0.717, 1.165) is 11.1 Å². The summed E-state index contributed by atoms with van der Waals surface area (Å²) < 4.78 is 0. The molecule has 0 bridgehead atoms. The molecule has 25 heavy (non-hydrogen) atoms. The number of hydrogen-bond donors (Lipinski definition) is 2. The summed E-state index contributed by atoms with van der Waals surface area (Å²) in [7, 11) is 0. The lowest BCUT2D eigenvalue weighted by molar-refractivity contribution is -0.119. The first-order valence-electron chi connectivity index (χ1n) is 8.23. The maximum atomic E-state index is 12.2. The van der Waals surface area contributed by atoms with Crippen molar-refractivity contribution in [3.63, 3.8) is 0 Å². The Balaban J connectivity index is 0.00000225. The van der Waals surface area contributed by atoms with Gasteiger partial charge in [-0.2, -0.15) is 0 Å². The maximum absolute atomic E-state index is 12.2. The van der Waals surface area contributed by atoms with Crippen LogP contribution in [0.3, 0.4) is 0 Å². The molecule has 0 spiro atoms. The van der Waals surface area contributed by atoms with Crippen molar-refractivity contribution in [2.75, 3.05) is 6.54 Å². The first-order chi connectivity index (χ1) is 11.7. The highest BCUT2D eigenvalue weighted by molar-refractivity contribution is 5.87. The Morgan fingerprint density at radius 2 is 1.56 bits per heavy atom. The molecule has 0 heterocycles. The zero-order valence-corrected chi connectivity index (χ0v) is 14.8. The predicted molar refractivity (Wildman–Crippen MR) is 106 cm³/mol. The largest absolute Gasteiger partial charge is 0.321 e. The van der Waals surface area contributed by atoms with Crippen LogP contribution in [-0.4, -0.2) is 18.4 Å². The molecule has 4 heteroatoms. The molecule has 130 valence electrons. The van der Waals surface area contributed by atoms with Gasteiger partial charge in [-0.15, -0.1) is 12.4 Å². The van der Waals surface area contributed by atoms with Gasteiger partial charge in [-0.1, -0.05) is 72.8 Å². The molecule has 3 N–H and O–H groups in total. The number of hydrogen-bond acceptors (Lipinski definition) is 3. The number of fused-ring (bicyclic) bond motifs is 1. The van der Waals surface area contributed by atoms with Gasteiger partial charge in [-0.25, -0.2) is 0 Å². The number of Topliss-reactive ketones (excluding diaryl/α,β-unsaturated/α-hetero) is 1. The average Bonchev–Trinajstić information content (AvgIpc) is 2.62. The average molecular weight is 355 g/mol. The SMILES string of the molecule is Cl.N[C@@H](Cc1ccc2ccccc2c1)C(=O)CNCc1ccccc1. The summed E-state index contributed by atoms with van der Waals surface area (Å²) in [5.74, 6) is 0.0408. The lowest BCUT2D eigenvalue weighted by Gasteiger charge is -2.12. The number of carbonyl (C=O) groups excluding carboxylic acids is 1. The highest BCUT2D eigenvalue weighted by Gasteiger charge is 2.13. The van der Waals surface area contributed by atoms with Gasteiger partial charge in [0.15, 0.2) is 5.78 Å². The highest BCUT2D eigenvalue weighted by Crippen LogP contribution is 2.16. The van der Waals surface area contributed by atoms with Crippen molar-refractivity contribution in [3.05, 3.63) is 83.9 Å². The van der Waals surface area contributed by atoms with Gasteiger partial charge in [-0.05, 0) is 28.3 Å². The molecule has 0 saturated heterocycles. The molecule has 1 atom stereocenters. The minimum atomic E-state index is -0.477. The lowest BCUT2D eigenvalue weighted by Crippen LogP contribution is -2.39. The fourth-order valence-corrected chi connectivity index (χ4v) is 2.79. The molecule has 0 aliphatic rings. The molecule has 0 saturated carbocycles. The van der Waals surface area contributed by atoms with Crippen molar-refractivity contribution < 1.29 is 4.79 Å². The molecule has 3 rings (SSSR count). The third-order valence-corrected chi connectivity index (χ3v) is 4.15. The van der Waals surface area contributed by atoms with Gasteiger partial charge in [0.05, 0.1) is 12.6 Å². The van der Waals surface area contributed by atoms with Gasteiger partial charge in [0.1, 0.15) is 0 Å². The van der Waals surface area contributed by atoms with Crippen LogP contribution in [0.1, 0.15) is 11.1 Å². The zero-order valence-electron chi connectivity index (χ0n) is 14.0. The van der Waals surface area contributed by atoms with Crippen LogP contribution in [0.15, 0.2) is 72.8 Å². The van der Waals surface area contributed by atoms with Crippen LogP contribution in [0, 0.1) is 0 Å². The topological polar surface area (TPSA) is 55.1 Å². The van der Waals surface area contributed by atoms with Gasteiger partial charge in [-0.3, -0.25) is 4.79 Å². The number of nitrogens with two attached hydrogens (primary N) is 1. The van der Waals surface area contributed by atoms with E-state index in [2.05, 4.69) is 29.6 Å².